The molecule has 106 valence electrons. The molecule has 0 fully saturated rings. The van der Waals surface area contributed by atoms with Gasteiger partial charge in [0, 0.05) is 22.7 Å². The molecule has 20 heavy (non-hydrogen) atoms. The normalized spacial score (nSPS) is 12.3. The lowest BCUT2D eigenvalue weighted by Crippen LogP contribution is -2.20. The molecule has 2 aromatic rings. The van der Waals surface area contributed by atoms with Crippen molar-refractivity contribution in [2.75, 3.05) is 6.54 Å². The molecule has 0 aliphatic carbocycles. The maximum Gasteiger partial charge on any atom is 0.123 e. The Morgan fingerprint density at radius 2 is 2.00 bits per heavy atom. The first-order chi connectivity index (χ1) is 9.70. The van der Waals surface area contributed by atoms with E-state index in [1.807, 2.05) is 6.07 Å². The van der Waals surface area contributed by atoms with Crippen molar-refractivity contribution in [3.05, 3.63) is 54.0 Å². The van der Waals surface area contributed by atoms with Crippen LogP contribution >= 0.6 is 11.8 Å². The molecule has 0 aliphatic heterocycles. The van der Waals surface area contributed by atoms with Gasteiger partial charge in [-0.05, 0) is 50.2 Å². The second-order valence-corrected chi connectivity index (χ2v) is 5.69. The van der Waals surface area contributed by atoms with Crippen molar-refractivity contribution in [1.29, 1.82) is 0 Å². The predicted octanol–water partition coefficient (Wildman–Crippen LogP) is 4.43. The maximum atomic E-state index is 12.9. The van der Waals surface area contributed by atoms with Gasteiger partial charge in [0.2, 0.25) is 0 Å². The zero-order valence-electron chi connectivity index (χ0n) is 11.8. The molecule has 1 heterocycles. The first-order valence-corrected chi connectivity index (χ1v) is 7.64. The van der Waals surface area contributed by atoms with Crippen LogP contribution in [0.1, 0.15) is 31.9 Å². The Bertz CT molecular complexity index is 542. The van der Waals surface area contributed by atoms with Gasteiger partial charge in [0.1, 0.15) is 10.8 Å². The summed E-state index contributed by atoms with van der Waals surface area (Å²) < 4.78 is 12.9. The molecule has 0 saturated carbocycles. The van der Waals surface area contributed by atoms with Crippen LogP contribution in [-0.2, 0) is 0 Å². The number of nitrogens with zero attached hydrogens (tertiary/aromatic N) is 1. The van der Waals surface area contributed by atoms with Crippen LogP contribution < -0.4 is 5.32 Å². The summed E-state index contributed by atoms with van der Waals surface area (Å²) in [5.74, 6) is -0.214. The highest BCUT2D eigenvalue weighted by atomic mass is 32.2. The van der Waals surface area contributed by atoms with Crippen molar-refractivity contribution >= 4 is 11.8 Å². The molecule has 0 aliphatic rings. The van der Waals surface area contributed by atoms with Crippen LogP contribution in [0.2, 0.25) is 0 Å². The summed E-state index contributed by atoms with van der Waals surface area (Å²) in [5.41, 5.74) is 1.18. The smallest absolute Gasteiger partial charge is 0.123 e. The third kappa shape index (κ3) is 4.05. The lowest BCUT2D eigenvalue weighted by Gasteiger charge is -2.16. The topological polar surface area (TPSA) is 24.9 Å². The minimum Gasteiger partial charge on any atom is -0.310 e. The molecule has 1 atom stereocenters. The highest BCUT2D eigenvalue weighted by Crippen LogP contribution is 2.31. The van der Waals surface area contributed by atoms with Gasteiger partial charge in [-0.25, -0.2) is 9.37 Å². The first kappa shape index (κ1) is 15.0. The van der Waals surface area contributed by atoms with Crippen LogP contribution in [0.15, 0.2) is 52.5 Å². The molecule has 4 heteroatoms. The molecular formula is C16H19FN2S. The molecule has 0 bridgehead atoms. The highest BCUT2D eigenvalue weighted by Gasteiger charge is 2.11. The van der Waals surface area contributed by atoms with Gasteiger partial charge in [-0.1, -0.05) is 24.8 Å². The SMILES string of the molecule is CCCNC(C)c1cccnc1Sc1ccc(F)cc1. The van der Waals surface area contributed by atoms with E-state index < -0.39 is 0 Å². The van der Waals surface area contributed by atoms with Crippen LogP contribution in [0.3, 0.4) is 0 Å². The summed E-state index contributed by atoms with van der Waals surface area (Å²) in [6, 6.07) is 10.8. The molecular weight excluding hydrogens is 271 g/mol. The fraction of sp³-hybridized carbons (Fsp3) is 0.312. The Balaban J connectivity index is 2.17. The van der Waals surface area contributed by atoms with Gasteiger partial charge >= 0.3 is 0 Å². The van der Waals surface area contributed by atoms with Gasteiger partial charge in [-0.3, -0.25) is 0 Å². The maximum absolute atomic E-state index is 12.9. The molecule has 0 spiro atoms. The number of halogens is 1. The third-order valence-electron chi connectivity index (χ3n) is 3.00. The molecule has 1 aromatic carbocycles. The standard InChI is InChI=1S/C16H19FN2S/c1-3-10-18-12(2)15-5-4-11-19-16(15)20-14-8-6-13(17)7-9-14/h4-9,11-12,18H,3,10H2,1-2H3. The molecule has 0 radical (unpaired) electrons. The van der Waals surface area contributed by atoms with E-state index >= 15 is 0 Å². The first-order valence-electron chi connectivity index (χ1n) is 6.82. The Labute approximate surface area is 123 Å². The van der Waals surface area contributed by atoms with Gasteiger partial charge in [0.05, 0.1) is 0 Å². The number of hydrogen-bond donors (Lipinski definition) is 1. The molecule has 1 unspecified atom stereocenters. The lowest BCUT2D eigenvalue weighted by molar-refractivity contribution is 0.560. The summed E-state index contributed by atoms with van der Waals surface area (Å²) in [4.78, 5) is 5.45. The molecule has 1 N–H and O–H groups in total. The van der Waals surface area contributed by atoms with E-state index in [0.717, 1.165) is 22.9 Å². The van der Waals surface area contributed by atoms with Crippen molar-refractivity contribution in [1.82, 2.24) is 10.3 Å². The Morgan fingerprint density at radius 1 is 1.25 bits per heavy atom. The monoisotopic (exact) mass is 290 g/mol. The van der Waals surface area contributed by atoms with Gasteiger partial charge in [0.15, 0.2) is 0 Å². The summed E-state index contributed by atoms with van der Waals surface area (Å²) in [5, 5.41) is 4.44. The van der Waals surface area contributed by atoms with Crippen molar-refractivity contribution in [3.63, 3.8) is 0 Å². The zero-order valence-corrected chi connectivity index (χ0v) is 12.6. The second kappa shape index (κ2) is 7.41. The van der Waals surface area contributed by atoms with E-state index in [-0.39, 0.29) is 11.9 Å². The van der Waals surface area contributed by atoms with Crippen molar-refractivity contribution < 1.29 is 4.39 Å². The number of aromatic nitrogens is 1. The number of nitrogens with one attached hydrogen (secondary N) is 1. The average molecular weight is 290 g/mol. The van der Waals surface area contributed by atoms with E-state index in [1.165, 1.54) is 17.7 Å². The van der Waals surface area contributed by atoms with Crippen LogP contribution in [0.4, 0.5) is 4.39 Å². The van der Waals surface area contributed by atoms with Crippen LogP contribution in [0, 0.1) is 5.82 Å². The van der Waals surface area contributed by atoms with Crippen LogP contribution in [0.5, 0.6) is 0 Å². The van der Waals surface area contributed by atoms with E-state index in [9.17, 15) is 4.39 Å². The summed E-state index contributed by atoms with van der Waals surface area (Å²) >= 11 is 1.57. The summed E-state index contributed by atoms with van der Waals surface area (Å²) in [6.45, 7) is 5.27. The number of hydrogen-bond acceptors (Lipinski definition) is 3. The Kier molecular flexibility index (Phi) is 5.56. The van der Waals surface area contributed by atoms with Gasteiger partial charge < -0.3 is 5.32 Å². The quantitative estimate of drug-likeness (QED) is 0.851. The average Bonchev–Trinajstić information content (AvgIpc) is 2.48. The number of benzene rings is 1. The zero-order chi connectivity index (χ0) is 14.4. The second-order valence-electron chi connectivity index (χ2n) is 4.63. The molecule has 2 rings (SSSR count). The van der Waals surface area contributed by atoms with E-state index in [4.69, 9.17) is 0 Å². The van der Waals surface area contributed by atoms with Crippen molar-refractivity contribution in [2.45, 2.75) is 36.2 Å². The lowest BCUT2D eigenvalue weighted by atomic mass is 10.1. The number of pyridine rings is 1. The number of rotatable bonds is 6. The van der Waals surface area contributed by atoms with Gasteiger partial charge in [-0.15, -0.1) is 0 Å². The van der Waals surface area contributed by atoms with Crippen LogP contribution in [0.25, 0.3) is 0 Å². The van der Waals surface area contributed by atoms with Crippen LogP contribution in [-0.4, -0.2) is 11.5 Å². The molecule has 0 saturated heterocycles. The molecule has 1 aromatic heterocycles. The predicted molar refractivity (Wildman–Crippen MR) is 81.5 cm³/mol. The van der Waals surface area contributed by atoms with Crippen molar-refractivity contribution in [2.24, 2.45) is 0 Å². The van der Waals surface area contributed by atoms with E-state index in [1.54, 1.807) is 30.1 Å². The fourth-order valence-corrected chi connectivity index (χ4v) is 2.87. The van der Waals surface area contributed by atoms with E-state index in [2.05, 4.69) is 30.2 Å². The largest absolute Gasteiger partial charge is 0.310 e. The fourth-order valence-electron chi connectivity index (χ4n) is 1.90. The van der Waals surface area contributed by atoms with Gasteiger partial charge in [-0.2, -0.15) is 0 Å². The van der Waals surface area contributed by atoms with E-state index in [0.29, 0.717) is 0 Å². The molecule has 2 nitrogen and oxygen atoms in total. The van der Waals surface area contributed by atoms with Gasteiger partial charge in [0.25, 0.3) is 0 Å². The minimum absolute atomic E-state index is 0.214. The molecule has 0 amide bonds. The third-order valence-corrected chi connectivity index (χ3v) is 4.04. The minimum atomic E-state index is -0.214. The Hall–Kier alpha value is -1.39. The Morgan fingerprint density at radius 3 is 2.70 bits per heavy atom. The van der Waals surface area contributed by atoms with Crippen molar-refractivity contribution in [3.8, 4) is 0 Å². The highest BCUT2D eigenvalue weighted by molar-refractivity contribution is 7.99. The summed E-state index contributed by atoms with van der Waals surface area (Å²) in [6.07, 6.45) is 2.90. The summed E-state index contributed by atoms with van der Waals surface area (Å²) in [7, 11) is 0.